The van der Waals surface area contributed by atoms with Gasteiger partial charge in [0.15, 0.2) is 0 Å². The van der Waals surface area contributed by atoms with E-state index in [0.717, 1.165) is 17.9 Å². The van der Waals surface area contributed by atoms with Crippen molar-refractivity contribution >= 4 is 21.6 Å². The first-order valence-corrected chi connectivity index (χ1v) is 9.34. The number of hydrogen-bond donors (Lipinski definition) is 1. The average molecular weight is 348 g/mol. The molecule has 0 aliphatic carbocycles. The first-order valence-electron chi connectivity index (χ1n) is 7.86. The molecule has 2 heterocycles. The number of carbonyl (C=O) groups is 1. The van der Waals surface area contributed by atoms with Crippen molar-refractivity contribution < 1.29 is 17.6 Å². The van der Waals surface area contributed by atoms with Gasteiger partial charge >= 0.3 is 0 Å². The smallest absolute Gasteiger partial charge is 0.241 e. The third-order valence-electron chi connectivity index (χ3n) is 4.05. The number of nitrogens with zero attached hydrogens (tertiary/aromatic N) is 1. The van der Waals surface area contributed by atoms with Crippen LogP contribution in [0.3, 0.4) is 0 Å². The van der Waals surface area contributed by atoms with E-state index in [1.165, 1.54) is 12.1 Å². The molecular weight excluding hydrogens is 328 g/mol. The number of carbonyl (C=O) groups excluding carboxylic acids is 1. The molecule has 1 aliphatic rings. The summed E-state index contributed by atoms with van der Waals surface area (Å²) in [5, 5.41) is 0. The topological polar surface area (TPSA) is 79.6 Å². The second-order valence-corrected chi connectivity index (χ2v) is 7.65. The predicted molar refractivity (Wildman–Crippen MR) is 90.2 cm³/mol. The van der Waals surface area contributed by atoms with E-state index in [0.29, 0.717) is 18.7 Å². The zero-order chi connectivity index (χ0) is 17.3. The fourth-order valence-corrected chi connectivity index (χ4v) is 3.98. The number of furan rings is 1. The Balaban J connectivity index is 1.76. The Labute approximate surface area is 141 Å². The zero-order valence-corrected chi connectivity index (χ0v) is 14.5. The van der Waals surface area contributed by atoms with Gasteiger partial charge < -0.3 is 9.32 Å². The quantitative estimate of drug-likeness (QED) is 0.901. The van der Waals surface area contributed by atoms with E-state index in [2.05, 4.69) is 4.72 Å². The highest BCUT2D eigenvalue weighted by atomic mass is 32.2. The number of nitrogens with one attached hydrogen (secondary N) is 1. The Bertz CT molecular complexity index is 840. The minimum atomic E-state index is -3.67. The second kappa shape index (κ2) is 6.41. The molecule has 1 aromatic carbocycles. The molecule has 1 N–H and O–H groups in total. The number of amides is 1. The lowest BCUT2D eigenvalue weighted by Crippen LogP contribution is -2.27. The van der Waals surface area contributed by atoms with Gasteiger partial charge in [-0.1, -0.05) is 0 Å². The van der Waals surface area contributed by atoms with Crippen molar-refractivity contribution in [2.24, 2.45) is 0 Å². The predicted octanol–water partition coefficient (Wildman–Crippen LogP) is 2.75. The number of rotatable bonds is 5. The third kappa shape index (κ3) is 3.37. The van der Waals surface area contributed by atoms with Crippen molar-refractivity contribution in [1.82, 2.24) is 4.72 Å². The number of hydrogen-bond acceptors (Lipinski definition) is 4. The van der Waals surface area contributed by atoms with Crippen molar-refractivity contribution in [3.63, 3.8) is 0 Å². The van der Waals surface area contributed by atoms with Crippen LogP contribution < -0.4 is 9.62 Å². The van der Waals surface area contributed by atoms with Crippen LogP contribution in [0.5, 0.6) is 0 Å². The molecule has 3 rings (SSSR count). The second-order valence-electron chi connectivity index (χ2n) is 5.93. The molecule has 2 aromatic rings. The highest BCUT2D eigenvalue weighted by Crippen LogP contribution is 2.24. The summed E-state index contributed by atoms with van der Waals surface area (Å²) in [4.78, 5) is 13.6. The third-order valence-corrected chi connectivity index (χ3v) is 5.61. The van der Waals surface area contributed by atoms with Gasteiger partial charge in [-0.25, -0.2) is 13.1 Å². The number of benzene rings is 1. The molecule has 1 fully saturated rings. The molecule has 1 aromatic heterocycles. The minimum absolute atomic E-state index is 0.0746. The van der Waals surface area contributed by atoms with Crippen molar-refractivity contribution in [3.05, 3.63) is 47.9 Å². The summed E-state index contributed by atoms with van der Waals surface area (Å²) in [6.07, 6.45) is 1.38. The van der Waals surface area contributed by atoms with Crippen LogP contribution in [0.2, 0.25) is 0 Å². The minimum Gasteiger partial charge on any atom is -0.465 e. The van der Waals surface area contributed by atoms with E-state index in [1.54, 1.807) is 36.1 Å². The van der Waals surface area contributed by atoms with Gasteiger partial charge in [-0.3, -0.25) is 4.79 Å². The first-order chi connectivity index (χ1) is 11.4. The molecule has 1 atom stereocenters. The molecule has 24 heavy (non-hydrogen) atoms. The largest absolute Gasteiger partial charge is 0.465 e. The van der Waals surface area contributed by atoms with Crippen molar-refractivity contribution in [3.8, 4) is 0 Å². The van der Waals surface area contributed by atoms with Crippen molar-refractivity contribution in [1.29, 1.82) is 0 Å². The molecule has 0 bridgehead atoms. The summed E-state index contributed by atoms with van der Waals surface area (Å²) < 4.78 is 33.0. The Morgan fingerprint density at radius 1 is 1.17 bits per heavy atom. The maximum atomic E-state index is 12.5. The van der Waals surface area contributed by atoms with E-state index < -0.39 is 16.1 Å². The van der Waals surface area contributed by atoms with Gasteiger partial charge in [0.05, 0.1) is 10.9 Å². The standard InChI is InChI=1S/C17H20N2O4S/c1-12-5-10-16(23-12)13(2)18-24(21,22)15-8-6-14(7-9-15)19-11-3-4-17(19)20/h5-10,13,18H,3-4,11H2,1-2H3/t13-/m0/s1. The lowest BCUT2D eigenvalue weighted by molar-refractivity contribution is -0.117. The average Bonchev–Trinajstić information content (AvgIpc) is 3.15. The van der Waals surface area contributed by atoms with E-state index in [4.69, 9.17) is 4.42 Å². The molecule has 1 amide bonds. The Morgan fingerprint density at radius 3 is 2.42 bits per heavy atom. The fourth-order valence-electron chi connectivity index (χ4n) is 2.77. The monoisotopic (exact) mass is 348 g/mol. The molecule has 6 nitrogen and oxygen atoms in total. The van der Waals surface area contributed by atoms with Gasteiger partial charge in [0.25, 0.3) is 0 Å². The van der Waals surface area contributed by atoms with E-state index in [9.17, 15) is 13.2 Å². The van der Waals surface area contributed by atoms with Crippen LogP contribution in [-0.2, 0) is 14.8 Å². The molecular formula is C17H20N2O4S. The lowest BCUT2D eigenvalue weighted by Gasteiger charge is -2.16. The van der Waals surface area contributed by atoms with Gasteiger partial charge in [0.2, 0.25) is 15.9 Å². The summed E-state index contributed by atoms with van der Waals surface area (Å²) in [6.45, 7) is 4.22. The van der Waals surface area contributed by atoms with Gasteiger partial charge in [0, 0.05) is 18.7 Å². The van der Waals surface area contributed by atoms with Crippen LogP contribution in [0.15, 0.2) is 45.7 Å². The summed E-state index contributed by atoms with van der Waals surface area (Å²) in [5.74, 6) is 1.37. The van der Waals surface area contributed by atoms with Gasteiger partial charge in [-0.15, -0.1) is 0 Å². The van der Waals surface area contributed by atoms with Crippen molar-refractivity contribution in [2.45, 2.75) is 37.6 Å². The Hall–Kier alpha value is -2.12. The molecule has 0 spiro atoms. The maximum absolute atomic E-state index is 12.5. The SMILES string of the molecule is Cc1ccc([C@H](C)NS(=O)(=O)c2ccc(N3CCCC3=O)cc2)o1. The number of anilines is 1. The maximum Gasteiger partial charge on any atom is 0.241 e. The van der Waals surface area contributed by atoms with Gasteiger partial charge in [-0.2, -0.15) is 0 Å². The fraction of sp³-hybridized carbons (Fsp3) is 0.353. The zero-order valence-electron chi connectivity index (χ0n) is 13.7. The molecule has 0 radical (unpaired) electrons. The summed E-state index contributed by atoms with van der Waals surface area (Å²) in [7, 11) is -3.67. The van der Waals surface area contributed by atoms with Crippen LogP contribution in [-0.4, -0.2) is 20.9 Å². The van der Waals surface area contributed by atoms with Crippen LogP contribution >= 0.6 is 0 Å². The van der Waals surface area contributed by atoms with Crippen LogP contribution in [0, 0.1) is 6.92 Å². The Kier molecular flexibility index (Phi) is 4.47. The number of sulfonamides is 1. The summed E-state index contributed by atoms with van der Waals surface area (Å²) >= 11 is 0. The Morgan fingerprint density at radius 2 is 1.88 bits per heavy atom. The van der Waals surface area contributed by atoms with Gasteiger partial charge in [0.1, 0.15) is 11.5 Å². The highest BCUT2D eigenvalue weighted by molar-refractivity contribution is 7.89. The van der Waals surface area contributed by atoms with Crippen molar-refractivity contribution in [2.75, 3.05) is 11.4 Å². The lowest BCUT2D eigenvalue weighted by atomic mass is 10.3. The van der Waals surface area contributed by atoms with Crippen LogP contribution in [0.25, 0.3) is 0 Å². The van der Waals surface area contributed by atoms with E-state index in [1.807, 2.05) is 6.92 Å². The van der Waals surface area contributed by atoms with Crippen LogP contribution in [0.1, 0.15) is 37.3 Å². The van der Waals surface area contributed by atoms with Gasteiger partial charge in [-0.05, 0) is 56.7 Å². The normalized spacial score (nSPS) is 16.6. The molecule has 0 saturated carbocycles. The summed E-state index contributed by atoms with van der Waals surface area (Å²) in [6, 6.07) is 9.45. The van der Waals surface area contributed by atoms with Crippen LogP contribution in [0.4, 0.5) is 5.69 Å². The highest BCUT2D eigenvalue weighted by Gasteiger charge is 2.23. The molecule has 1 saturated heterocycles. The van der Waals surface area contributed by atoms with E-state index in [-0.39, 0.29) is 10.8 Å². The van der Waals surface area contributed by atoms with E-state index >= 15 is 0 Å². The number of aryl methyl sites for hydroxylation is 1. The molecule has 0 unspecified atom stereocenters. The molecule has 1 aliphatic heterocycles. The first kappa shape index (κ1) is 16.7. The summed E-state index contributed by atoms with van der Waals surface area (Å²) in [5.41, 5.74) is 0.728. The molecule has 7 heteroatoms. The molecule has 128 valence electrons.